The van der Waals surface area contributed by atoms with Crippen LogP contribution >= 0.6 is 11.3 Å². The molecule has 0 aliphatic carbocycles. The summed E-state index contributed by atoms with van der Waals surface area (Å²) < 4.78 is 0. The van der Waals surface area contributed by atoms with Gasteiger partial charge in [0, 0.05) is 23.2 Å². The van der Waals surface area contributed by atoms with Crippen LogP contribution in [0.25, 0.3) is 0 Å². The van der Waals surface area contributed by atoms with E-state index in [1.807, 2.05) is 12.3 Å². The molecular formula is C18H20N4S. The predicted octanol–water partition coefficient (Wildman–Crippen LogP) is 3.56. The first kappa shape index (κ1) is 15.5. The minimum absolute atomic E-state index is 0.564. The Hall–Kier alpha value is -2.40. The average Bonchev–Trinajstić information content (AvgIpc) is 3.08. The van der Waals surface area contributed by atoms with E-state index < -0.39 is 0 Å². The molecule has 2 aromatic heterocycles. The quantitative estimate of drug-likeness (QED) is 0.697. The largest absolute Gasteiger partial charge is 0.383 e. The van der Waals surface area contributed by atoms with Gasteiger partial charge in [0.1, 0.15) is 5.82 Å². The number of benzene rings is 1. The summed E-state index contributed by atoms with van der Waals surface area (Å²) in [7, 11) is 0. The SMILES string of the molecule is Nc1nc(NCCc2cccs2)ncc1CCc1ccccc1. The van der Waals surface area contributed by atoms with E-state index >= 15 is 0 Å². The van der Waals surface area contributed by atoms with E-state index in [9.17, 15) is 0 Å². The molecule has 3 N–H and O–H groups in total. The Kier molecular flexibility index (Phi) is 5.21. The van der Waals surface area contributed by atoms with Crippen LogP contribution in [-0.2, 0) is 19.3 Å². The fourth-order valence-electron chi connectivity index (χ4n) is 2.37. The summed E-state index contributed by atoms with van der Waals surface area (Å²) >= 11 is 1.76. The number of thiophene rings is 1. The number of aryl methyl sites for hydroxylation is 2. The van der Waals surface area contributed by atoms with Gasteiger partial charge >= 0.3 is 0 Å². The first-order chi connectivity index (χ1) is 11.3. The van der Waals surface area contributed by atoms with Gasteiger partial charge in [-0.1, -0.05) is 36.4 Å². The molecule has 0 bridgehead atoms. The van der Waals surface area contributed by atoms with Crippen molar-refractivity contribution in [2.45, 2.75) is 19.3 Å². The molecule has 2 heterocycles. The van der Waals surface area contributed by atoms with Crippen LogP contribution in [0.15, 0.2) is 54.0 Å². The van der Waals surface area contributed by atoms with E-state index in [-0.39, 0.29) is 0 Å². The van der Waals surface area contributed by atoms with Gasteiger partial charge in [0.25, 0.3) is 0 Å². The van der Waals surface area contributed by atoms with Gasteiger partial charge in [-0.3, -0.25) is 0 Å². The van der Waals surface area contributed by atoms with Gasteiger partial charge in [-0.15, -0.1) is 11.3 Å². The molecule has 1 aromatic carbocycles. The van der Waals surface area contributed by atoms with Crippen LogP contribution in [0.1, 0.15) is 16.0 Å². The molecule has 0 unspecified atom stereocenters. The summed E-state index contributed by atoms with van der Waals surface area (Å²) in [5, 5.41) is 5.32. The highest BCUT2D eigenvalue weighted by molar-refractivity contribution is 7.09. The summed E-state index contributed by atoms with van der Waals surface area (Å²) in [4.78, 5) is 10.1. The second-order valence-electron chi connectivity index (χ2n) is 5.35. The number of nitrogens with one attached hydrogen (secondary N) is 1. The molecule has 4 nitrogen and oxygen atoms in total. The summed E-state index contributed by atoms with van der Waals surface area (Å²) in [6.07, 6.45) is 4.60. The molecule has 0 saturated carbocycles. The van der Waals surface area contributed by atoms with Crippen molar-refractivity contribution in [1.82, 2.24) is 9.97 Å². The number of aromatic nitrogens is 2. The first-order valence-corrected chi connectivity index (χ1v) is 8.61. The maximum absolute atomic E-state index is 6.06. The molecule has 3 aromatic rings. The summed E-state index contributed by atoms with van der Waals surface area (Å²) in [5.41, 5.74) is 8.36. The highest BCUT2D eigenvalue weighted by atomic mass is 32.1. The number of hydrogen-bond acceptors (Lipinski definition) is 5. The predicted molar refractivity (Wildman–Crippen MR) is 96.8 cm³/mol. The molecule has 3 rings (SSSR count). The van der Waals surface area contributed by atoms with Crippen LogP contribution in [0.4, 0.5) is 11.8 Å². The normalized spacial score (nSPS) is 10.6. The first-order valence-electron chi connectivity index (χ1n) is 7.73. The van der Waals surface area contributed by atoms with Crippen LogP contribution in [-0.4, -0.2) is 16.5 Å². The standard InChI is InChI=1S/C18H20N4S/c19-17-15(9-8-14-5-2-1-3-6-14)13-21-18(22-17)20-11-10-16-7-4-12-23-16/h1-7,12-13H,8-11H2,(H3,19,20,21,22). The maximum Gasteiger partial charge on any atom is 0.224 e. The van der Waals surface area contributed by atoms with Gasteiger partial charge in [-0.2, -0.15) is 4.98 Å². The third-order valence-electron chi connectivity index (χ3n) is 3.66. The minimum Gasteiger partial charge on any atom is -0.383 e. The Morgan fingerprint density at radius 2 is 1.87 bits per heavy atom. The Labute approximate surface area is 140 Å². The second-order valence-corrected chi connectivity index (χ2v) is 6.38. The summed E-state index contributed by atoms with van der Waals surface area (Å²) in [5.74, 6) is 1.16. The molecule has 0 spiro atoms. The monoisotopic (exact) mass is 324 g/mol. The van der Waals surface area contributed by atoms with E-state index in [0.29, 0.717) is 11.8 Å². The van der Waals surface area contributed by atoms with Crippen molar-refractivity contribution < 1.29 is 0 Å². The Morgan fingerprint density at radius 1 is 1.00 bits per heavy atom. The zero-order valence-electron chi connectivity index (χ0n) is 12.9. The molecular weight excluding hydrogens is 304 g/mol. The van der Waals surface area contributed by atoms with Crippen molar-refractivity contribution in [2.24, 2.45) is 0 Å². The van der Waals surface area contributed by atoms with Crippen LogP contribution in [0, 0.1) is 0 Å². The van der Waals surface area contributed by atoms with E-state index in [2.05, 4.69) is 57.1 Å². The van der Waals surface area contributed by atoms with Crippen LogP contribution in [0.2, 0.25) is 0 Å². The maximum atomic E-state index is 6.06. The Bertz CT molecular complexity index is 726. The van der Waals surface area contributed by atoms with Crippen LogP contribution in [0.3, 0.4) is 0 Å². The third-order valence-corrected chi connectivity index (χ3v) is 4.59. The van der Waals surface area contributed by atoms with Gasteiger partial charge < -0.3 is 11.1 Å². The van der Waals surface area contributed by atoms with Gasteiger partial charge in [-0.25, -0.2) is 4.98 Å². The topological polar surface area (TPSA) is 63.8 Å². The van der Waals surface area contributed by atoms with E-state index in [0.717, 1.165) is 31.4 Å². The van der Waals surface area contributed by atoms with Gasteiger partial charge in [0.15, 0.2) is 0 Å². The number of nitrogens with zero attached hydrogens (tertiary/aromatic N) is 2. The van der Waals surface area contributed by atoms with Gasteiger partial charge in [-0.05, 0) is 36.3 Å². The fraction of sp³-hybridized carbons (Fsp3) is 0.222. The number of nitrogens with two attached hydrogens (primary N) is 1. The molecule has 0 radical (unpaired) electrons. The number of rotatable bonds is 7. The summed E-state index contributed by atoms with van der Waals surface area (Å²) in [6.45, 7) is 0.809. The zero-order valence-corrected chi connectivity index (χ0v) is 13.7. The molecule has 0 amide bonds. The molecule has 0 aliphatic rings. The molecule has 0 saturated heterocycles. The summed E-state index contributed by atoms with van der Waals surface area (Å²) in [6, 6.07) is 14.6. The fourth-order valence-corrected chi connectivity index (χ4v) is 3.08. The molecule has 118 valence electrons. The zero-order chi connectivity index (χ0) is 15.9. The highest BCUT2D eigenvalue weighted by Gasteiger charge is 2.05. The molecule has 0 aliphatic heterocycles. The van der Waals surface area contributed by atoms with Crippen LogP contribution < -0.4 is 11.1 Å². The number of nitrogen functional groups attached to an aromatic ring is 1. The smallest absolute Gasteiger partial charge is 0.224 e. The van der Waals surface area contributed by atoms with Crippen molar-refractivity contribution in [2.75, 3.05) is 17.6 Å². The van der Waals surface area contributed by atoms with Gasteiger partial charge in [0.2, 0.25) is 5.95 Å². The van der Waals surface area contributed by atoms with Crippen molar-refractivity contribution in [1.29, 1.82) is 0 Å². The van der Waals surface area contributed by atoms with E-state index in [1.54, 1.807) is 11.3 Å². The molecule has 23 heavy (non-hydrogen) atoms. The lowest BCUT2D eigenvalue weighted by Gasteiger charge is -2.08. The second kappa shape index (κ2) is 7.74. The Morgan fingerprint density at radius 3 is 2.61 bits per heavy atom. The lowest BCUT2D eigenvalue weighted by atomic mass is 10.1. The van der Waals surface area contributed by atoms with Crippen molar-refractivity contribution >= 4 is 23.1 Å². The average molecular weight is 324 g/mol. The number of anilines is 2. The lowest BCUT2D eigenvalue weighted by Crippen LogP contribution is -2.10. The molecule has 5 heteroatoms. The molecule has 0 fully saturated rings. The minimum atomic E-state index is 0.564. The Balaban J connectivity index is 1.53. The van der Waals surface area contributed by atoms with E-state index in [1.165, 1.54) is 10.4 Å². The van der Waals surface area contributed by atoms with Gasteiger partial charge in [0.05, 0.1) is 0 Å². The van der Waals surface area contributed by atoms with Crippen molar-refractivity contribution in [3.63, 3.8) is 0 Å². The molecule has 0 atom stereocenters. The van der Waals surface area contributed by atoms with Crippen molar-refractivity contribution in [3.8, 4) is 0 Å². The van der Waals surface area contributed by atoms with Crippen LogP contribution in [0.5, 0.6) is 0 Å². The van der Waals surface area contributed by atoms with E-state index in [4.69, 9.17) is 5.73 Å². The van der Waals surface area contributed by atoms with Crippen molar-refractivity contribution in [3.05, 3.63) is 70.0 Å². The highest BCUT2D eigenvalue weighted by Crippen LogP contribution is 2.14. The lowest BCUT2D eigenvalue weighted by molar-refractivity contribution is 0.931. The third kappa shape index (κ3) is 4.53. The number of hydrogen-bond donors (Lipinski definition) is 2.